The average molecular weight is 290 g/mol. The molecule has 2 aromatic carbocycles. The molecular formula is C15H14O2S2. The number of hydrogen-bond acceptors (Lipinski definition) is 3. The molecule has 1 aliphatic heterocycles. The average Bonchev–Trinajstić information content (AvgIpc) is 2.62. The van der Waals surface area contributed by atoms with Crippen LogP contribution in [0.5, 0.6) is 0 Å². The highest BCUT2D eigenvalue weighted by Gasteiger charge is 2.35. The van der Waals surface area contributed by atoms with Crippen molar-refractivity contribution in [1.82, 2.24) is 0 Å². The molecule has 2 aromatic rings. The zero-order valence-corrected chi connectivity index (χ0v) is 12.2. The van der Waals surface area contributed by atoms with Gasteiger partial charge in [-0.05, 0) is 30.7 Å². The number of hydrogen-bond donors (Lipinski definition) is 0. The highest BCUT2D eigenvalue weighted by Crippen LogP contribution is 2.45. The Balaban J connectivity index is 2.00. The van der Waals surface area contributed by atoms with Crippen molar-refractivity contribution in [3.63, 3.8) is 0 Å². The van der Waals surface area contributed by atoms with Gasteiger partial charge in [-0.2, -0.15) is 0 Å². The summed E-state index contributed by atoms with van der Waals surface area (Å²) in [6.07, 6.45) is 0. The van der Waals surface area contributed by atoms with Gasteiger partial charge in [-0.15, -0.1) is 11.8 Å². The maximum absolute atomic E-state index is 12.2. The summed E-state index contributed by atoms with van der Waals surface area (Å²) in [6.45, 7) is 2.00. The summed E-state index contributed by atoms with van der Waals surface area (Å²) in [5.41, 5.74) is 2.06. The second-order valence-corrected chi connectivity index (χ2v) is 8.02. The van der Waals surface area contributed by atoms with Crippen LogP contribution in [0.1, 0.15) is 16.4 Å². The third-order valence-electron chi connectivity index (χ3n) is 3.24. The van der Waals surface area contributed by atoms with E-state index in [0.717, 1.165) is 16.0 Å². The summed E-state index contributed by atoms with van der Waals surface area (Å²) in [5.74, 6) is 0.200. The molecule has 1 atom stereocenters. The Hall–Kier alpha value is -1.26. The van der Waals surface area contributed by atoms with Crippen molar-refractivity contribution in [2.24, 2.45) is 0 Å². The smallest absolute Gasteiger partial charge is 0.180 e. The lowest BCUT2D eigenvalue weighted by Crippen LogP contribution is -2.00. The third kappa shape index (κ3) is 2.42. The van der Waals surface area contributed by atoms with Crippen LogP contribution in [0.25, 0.3) is 0 Å². The van der Waals surface area contributed by atoms with Crippen molar-refractivity contribution in [1.29, 1.82) is 0 Å². The standard InChI is InChI=1S/C15H14O2S2/c1-11-7-8-15-13(9-11)14(10-19(15,16)17)18-12-5-3-2-4-6-12/h2-9,14H,10H2,1H3. The number of benzene rings is 2. The molecule has 1 unspecified atom stereocenters. The van der Waals surface area contributed by atoms with E-state index in [2.05, 4.69) is 0 Å². The van der Waals surface area contributed by atoms with E-state index in [1.54, 1.807) is 17.8 Å². The van der Waals surface area contributed by atoms with Crippen LogP contribution >= 0.6 is 11.8 Å². The summed E-state index contributed by atoms with van der Waals surface area (Å²) in [5, 5.41) is 0.00213. The lowest BCUT2D eigenvalue weighted by atomic mass is 10.1. The van der Waals surface area contributed by atoms with E-state index in [1.165, 1.54) is 0 Å². The quantitative estimate of drug-likeness (QED) is 0.847. The van der Waals surface area contributed by atoms with Gasteiger partial charge in [-0.3, -0.25) is 0 Å². The van der Waals surface area contributed by atoms with Crippen molar-refractivity contribution in [2.45, 2.75) is 22.0 Å². The van der Waals surface area contributed by atoms with Gasteiger partial charge in [0.25, 0.3) is 0 Å². The molecule has 0 saturated carbocycles. The minimum atomic E-state index is -3.11. The predicted molar refractivity (Wildman–Crippen MR) is 78.3 cm³/mol. The number of aryl methyl sites for hydroxylation is 1. The summed E-state index contributed by atoms with van der Waals surface area (Å²) >= 11 is 1.63. The molecule has 0 spiro atoms. The maximum atomic E-state index is 12.2. The van der Waals surface area contributed by atoms with E-state index in [1.807, 2.05) is 49.4 Å². The Labute approximate surface area is 117 Å². The van der Waals surface area contributed by atoms with Crippen LogP contribution in [0.4, 0.5) is 0 Å². The van der Waals surface area contributed by atoms with E-state index >= 15 is 0 Å². The fourth-order valence-corrected chi connectivity index (χ4v) is 5.78. The van der Waals surface area contributed by atoms with Crippen LogP contribution < -0.4 is 0 Å². The summed E-state index contributed by atoms with van der Waals surface area (Å²) in [4.78, 5) is 1.61. The van der Waals surface area contributed by atoms with Gasteiger partial charge in [0.2, 0.25) is 0 Å². The minimum absolute atomic E-state index is 0.00213. The zero-order chi connectivity index (χ0) is 13.5. The molecule has 0 amide bonds. The van der Waals surface area contributed by atoms with Gasteiger partial charge in [0.05, 0.1) is 15.9 Å². The number of rotatable bonds is 2. The first kappa shape index (κ1) is 12.8. The maximum Gasteiger partial charge on any atom is 0.180 e. The van der Waals surface area contributed by atoms with Crippen molar-refractivity contribution in [3.8, 4) is 0 Å². The topological polar surface area (TPSA) is 34.1 Å². The number of fused-ring (bicyclic) bond motifs is 1. The summed E-state index contributed by atoms with van der Waals surface area (Å²) in [6, 6.07) is 15.6. The van der Waals surface area contributed by atoms with Crippen LogP contribution in [0.2, 0.25) is 0 Å². The summed E-state index contributed by atoms with van der Waals surface area (Å²) in [7, 11) is -3.11. The van der Waals surface area contributed by atoms with Crippen molar-refractivity contribution in [3.05, 3.63) is 59.7 Å². The molecule has 0 fully saturated rings. The van der Waals surface area contributed by atoms with Gasteiger partial charge >= 0.3 is 0 Å². The first-order valence-corrected chi connectivity index (χ1v) is 8.64. The number of thioether (sulfide) groups is 1. The first-order valence-electron chi connectivity index (χ1n) is 6.11. The monoisotopic (exact) mass is 290 g/mol. The minimum Gasteiger partial charge on any atom is -0.224 e. The molecule has 0 aromatic heterocycles. The van der Waals surface area contributed by atoms with E-state index in [4.69, 9.17) is 0 Å². The van der Waals surface area contributed by atoms with Gasteiger partial charge in [-0.25, -0.2) is 8.42 Å². The Morgan fingerprint density at radius 3 is 2.58 bits per heavy atom. The molecule has 19 heavy (non-hydrogen) atoms. The van der Waals surface area contributed by atoms with Crippen LogP contribution in [0.3, 0.4) is 0 Å². The zero-order valence-electron chi connectivity index (χ0n) is 10.5. The van der Waals surface area contributed by atoms with Gasteiger partial charge in [0, 0.05) is 4.90 Å². The van der Waals surface area contributed by atoms with Crippen molar-refractivity contribution in [2.75, 3.05) is 5.75 Å². The fraction of sp³-hybridized carbons (Fsp3) is 0.200. The lowest BCUT2D eigenvalue weighted by Gasteiger charge is -2.10. The van der Waals surface area contributed by atoms with Gasteiger partial charge in [0.15, 0.2) is 9.84 Å². The normalized spacial score (nSPS) is 20.2. The molecule has 0 saturated heterocycles. The Bertz CT molecular complexity index is 706. The van der Waals surface area contributed by atoms with Crippen LogP contribution in [0.15, 0.2) is 58.3 Å². The Kier molecular flexibility index (Phi) is 3.15. The van der Waals surface area contributed by atoms with Gasteiger partial charge in [-0.1, -0.05) is 35.9 Å². The predicted octanol–water partition coefficient (Wildman–Crippen LogP) is 3.62. The van der Waals surface area contributed by atoms with E-state index in [9.17, 15) is 8.42 Å². The second-order valence-electron chi connectivity index (χ2n) is 4.74. The molecule has 0 aliphatic carbocycles. The second kappa shape index (κ2) is 4.69. The van der Waals surface area contributed by atoms with E-state index in [0.29, 0.717) is 4.90 Å². The van der Waals surface area contributed by atoms with Crippen LogP contribution in [-0.4, -0.2) is 14.2 Å². The third-order valence-corrected chi connectivity index (χ3v) is 6.51. The molecule has 1 aliphatic rings. The molecule has 98 valence electrons. The van der Waals surface area contributed by atoms with E-state index in [-0.39, 0.29) is 11.0 Å². The van der Waals surface area contributed by atoms with Crippen LogP contribution in [0, 0.1) is 6.92 Å². The first-order chi connectivity index (χ1) is 9.06. The van der Waals surface area contributed by atoms with Crippen molar-refractivity contribution < 1.29 is 8.42 Å². The van der Waals surface area contributed by atoms with E-state index < -0.39 is 9.84 Å². The van der Waals surface area contributed by atoms with Gasteiger partial charge < -0.3 is 0 Å². The Morgan fingerprint density at radius 1 is 1.11 bits per heavy atom. The largest absolute Gasteiger partial charge is 0.224 e. The molecular weight excluding hydrogens is 276 g/mol. The number of sulfone groups is 1. The van der Waals surface area contributed by atoms with Gasteiger partial charge in [0.1, 0.15) is 0 Å². The molecule has 0 bridgehead atoms. The molecule has 2 nitrogen and oxygen atoms in total. The molecule has 0 radical (unpaired) electrons. The fourth-order valence-electron chi connectivity index (χ4n) is 2.34. The molecule has 3 rings (SSSR count). The molecule has 1 heterocycles. The SMILES string of the molecule is Cc1ccc2c(c1)C(Sc1ccccc1)CS2(=O)=O. The lowest BCUT2D eigenvalue weighted by molar-refractivity contribution is 0.600. The highest BCUT2D eigenvalue weighted by molar-refractivity contribution is 8.01. The highest BCUT2D eigenvalue weighted by atomic mass is 32.2. The Morgan fingerprint density at radius 2 is 1.84 bits per heavy atom. The van der Waals surface area contributed by atoms with Crippen LogP contribution in [-0.2, 0) is 9.84 Å². The molecule has 4 heteroatoms. The van der Waals surface area contributed by atoms with Crippen molar-refractivity contribution >= 4 is 21.6 Å². The molecule has 0 N–H and O–H groups in total. The summed E-state index contributed by atoms with van der Waals surface area (Å²) < 4.78 is 24.3.